The Morgan fingerprint density at radius 2 is 2.20 bits per heavy atom. The number of pyridine rings is 1. The Hall–Kier alpha value is -2.09. The maximum absolute atomic E-state index is 11.2. The fraction of sp³-hybridized carbons (Fsp3) is 0.300. The van der Waals surface area contributed by atoms with Crippen LogP contribution in [0.5, 0.6) is 0 Å². The molecule has 1 aromatic heterocycles. The third-order valence-corrected chi connectivity index (χ3v) is 1.79. The summed E-state index contributed by atoms with van der Waals surface area (Å²) < 4.78 is 4.54. The predicted molar refractivity (Wildman–Crippen MR) is 54.6 cm³/mol. The monoisotopic (exact) mass is 205 g/mol. The lowest BCUT2D eigenvalue weighted by Gasteiger charge is -2.12. The second kappa shape index (κ2) is 4.42. The lowest BCUT2D eigenvalue weighted by molar-refractivity contribution is 0.0594. The quantitative estimate of drug-likeness (QED) is 0.668. The van der Waals surface area contributed by atoms with Crippen molar-refractivity contribution in [1.29, 1.82) is 5.26 Å². The number of hydrogen-bond acceptors (Lipinski definition) is 5. The first kappa shape index (κ1) is 11.0. The highest BCUT2D eigenvalue weighted by Crippen LogP contribution is 2.12. The molecule has 1 heterocycles. The largest absolute Gasteiger partial charge is 0.464 e. The Bertz CT molecular complexity index is 421. The molecule has 0 aliphatic carbocycles. The van der Waals surface area contributed by atoms with Crippen molar-refractivity contribution in [3.05, 3.63) is 23.4 Å². The van der Waals surface area contributed by atoms with Gasteiger partial charge in [-0.05, 0) is 12.1 Å². The van der Waals surface area contributed by atoms with Gasteiger partial charge in [0.15, 0.2) is 5.69 Å². The number of nitrogens with zero attached hydrogens (tertiary/aromatic N) is 3. The number of methoxy groups -OCH3 is 1. The number of aromatic nitrogens is 1. The fourth-order valence-electron chi connectivity index (χ4n) is 1.02. The van der Waals surface area contributed by atoms with Gasteiger partial charge in [0.25, 0.3) is 0 Å². The molecule has 15 heavy (non-hydrogen) atoms. The summed E-state index contributed by atoms with van der Waals surface area (Å²) in [7, 11) is 4.84. The van der Waals surface area contributed by atoms with E-state index >= 15 is 0 Å². The summed E-state index contributed by atoms with van der Waals surface area (Å²) in [4.78, 5) is 17.0. The van der Waals surface area contributed by atoms with E-state index in [0.717, 1.165) is 0 Å². The average molecular weight is 205 g/mol. The highest BCUT2D eigenvalue weighted by atomic mass is 16.5. The standard InChI is InChI=1S/C10H11N3O2/c1-13(2)9-5-7(6-11)4-8(12-9)10(14)15-3/h4-5H,1-3H3. The van der Waals surface area contributed by atoms with Crippen LogP contribution in [0.15, 0.2) is 12.1 Å². The molecule has 5 heteroatoms. The van der Waals surface area contributed by atoms with Crippen LogP contribution in [-0.2, 0) is 4.74 Å². The Balaban J connectivity index is 3.24. The van der Waals surface area contributed by atoms with Gasteiger partial charge in [0.05, 0.1) is 18.7 Å². The summed E-state index contributed by atoms with van der Waals surface area (Å²) in [5, 5.41) is 8.77. The van der Waals surface area contributed by atoms with E-state index in [9.17, 15) is 4.79 Å². The zero-order valence-electron chi connectivity index (χ0n) is 8.81. The van der Waals surface area contributed by atoms with Crippen molar-refractivity contribution in [2.75, 3.05) is 26.1 Å². The van der Waals surface area contributed by atoms with Gasteiger partial charge in [-0.3, -0.25) is 0 Å². The number of rotatable bonds is 2. The molecule has 0 aromatic carbocycles. The van der Waals surface area contributed by atoms with Crippen LogP contribution in [0, 0.1) is 11.3 Å². The van der Waals surface area contributed by atoms with Crippen molar-refractivity contribution < 1.29 is 9.53 Å². The van der Waals surface area contributed by atoms with Crippen molar-refractivity contribution in [1.82, 2.24) is 4.98 Å². The molecular weight excluding hydrogens is 194 g/mol. The Morgan fingerprint density at radius 1 is 1.53 bits per heavy atom. The first-order valence-electron chi connectivity index (χ1n) is 4.26. The van der Waals surface area contributed by atoms with Gasteiger partial charge in [-0.25, -0.2) is 9.78 Å². The molecule has 1 aromatic rings. The van der Waals surface area contributed by atoms with E-state index < -0.39 is 5.97 Å². The number of nitriles is 1. The van der Waals surface area contributed by atoms with Crippen LogP contribution in [0.25, 0.3) is 0 Å². The number of carbonyl (C=O) groups is 1. The van der Waals surface area contributed by atoms with E-state index in [1.165, 1.54) is 13.2 Å². The Kier molecular flexibility index (Phi) is 3.24. The molecule has 0 radical (unpaired) electrons. The SMILES string of the molecule is COC(=O)c1cc(C#N)cc(N(C)C)n1. The number of ether oxygens (including phenoxy) is 1. The molecule has 5 nitrogen and oxygen atoms in total. The summed E-state index contributed by atoms with van der Waals surface area (Å²) in [5.41, 5.74) is 0.523. The molecule has 0 amide bonds. The van der Waals surface area contributed by atoms with Crippen LogP contribution in [0.3, 0.4) is 0 Å². The number of hydrogen-bond donors (Lipinski definition) is 0. The molecule has 0 fully saturated rings. The minimum Gasteiger partial charge on any atom is -0.464 e. The second-order valence-corrected chi connectivity index (χ2v) is 3.10. The summed E-state index contributed by atoms with van der Waals surface area (Å²) in [5.74, 6) is 0.00431. The van der Waals surface area contributed by atoms with Crippen molar-refractivity contribution in [2.24, 2.45) is 0 Å². The topological polar surface area (TPSA) is 66.2 Å². The summed E-state index contributed by atoms with van der Waals surface area (Å²) in [6.45, 7) is 0. The van der Waals surface area contributed by atoms with Crippen molar-refractivity contribution >= 4 is 11.8 Å². The van der Waals surface area contributed by atoms with Crippen LogP contribution >= 0.6 is 0 Å². The van der Waals surface area contributed by atoms with Gasteiger partial charge in [0, 0.05) is 14.1 Å². The van der Waals surface area contributed by atoms with Gasteiger partial charge in [-0.1, -0.05) is 0 Å². The van der Waals surface area contributed by atoms with Crippen LogP contribution in [0.4, 0.5) is 5.82 Å². The summed E-state index contributed by atoms with van der Waals surface area (Å²) in [6.07, 6.45) is 0. The molecule has 0 aliphatic rings. The van der Waals surface area contributed by atoms with Gasteiger partial charge in [-0.15, -0.1) is 0 Å². The number of carbonyl (C=O) groups excluding carboxylic acids is 1. The number of anilines is 1. The van der Waals surface area contributed by atoms with Crippen LogP contribution in [0.2, 0.25) is 0 Å². The Labute approximate surface area is 87.9 Å². The van der Waals surface area contributed by atoms with E-state index in [1.54, 1.807) is 25.1 Å². The van der Waals surface area contributed by atoms with Gasteiger partial charge < -0.3 is 9.64 Å². The lowest BCUT2D eigenvalue weighted by atomic mass is 10.2. The molecule has 0 saturated carbocycles. The zero-order valence-corrected chi connectivity index (χ0v) is 8.81. The van der Waals surface area contributed by atoms with Crippen LogP contribution in [-0.4, -0.2) is 32.2 Å². The molecule has 0 aliphatic heterocycles. The van der Waals surface area contributed by atoms with Crippen LogP contribution in [0.1, 0.15) is 16.1 Å². The van der Waals surface area contributed by atoms with E-state index in [4.69, 9.17) is 5.26 Å². The minimum atomic E-state index is -0.546. The molecule has 1 rings (SSSR count). The van der Waals surface area contributed by atoms with E-state index in [0.29, 0.717) is 11.4 Å². The molecule has 0 bridgehead atoms. The normalized spacial score (nSPS) is 9.20. The van der Waals surface area contributed by atoms with E-state index in [-0.39, 0.29) is 5.69 Å². The molecule has 0 atom stereocenters. The third-order valence-electron chi connectivity index (χ3n) is 1.79. The van der Waals surface area contributed by atoms with Crippen molar-refractivity contribution in [3.8, 4) is 6.07 Å². The molecule has 78 valence electrons. The molecule has 0 N–H and O–H groups in total. The van der Waals surface area contributed by atoms with Crippen LogP contribution < -0.4 is 4.90 Å². The second-order valence-electron chi connectivity index (χ2n) is 3.10. The lowest BCUT2D eigenvalue weighted by Crippen LogP contribution is -2.14. The molecular formula is C10H11N3O2. The predicted octanol–water partition coefficient (Wildman–Crippen LogP) is 0.806. The Morgan fingerprint density at radius 3 is 2.67 bits per heavy atom. The first-order valence-corrected chi connectivity index (χ1v) is 4.26. The zero-order chi connectivity index (χ0) is 11.4. The summed E-state index contributed by atoms with van der Waals surface area (Å²) in [6, 6.07) is 4.97. The average Bonchev–Trinajstić information content (AvgIpc) is 2.27. The maximum atomic E-state index is 11.2. The van der Waals surface area contributed by atoms with Gasteiger partial charge >= 0.3 is 5.97 Å². The number of esters is 1. The van der Waals surface area contributed by atoms with Crippen molar-refractivity contribution in [3.63, 3.8) is 0 Å². The van der Waals surface area contributed by atoms with E-state index in [1.807, 2.05) is 6.07 Å². The molecule has 0 unspecified atom stereocenters. The summed E-state index contributed by atoms with van der Waals surface area (Å²) >= 11 is 0. The van der Waals surface area contributed by atoms with Gasteiger partial charge in [0.1, 0.15) is 5.82 Å². The van der Waals surface area contributed by atoms with Crippen molar-refractivity contribution in [2.45, 2.75) is 0 Å². The van der Waals surface area contributed by atoms with E-state index in [2.05, 4.69) is 9.72 Å². The highest BCUT2D eigenvalue weighted by Gasteiger charge is 2.11. The smallest absolute Gasteiger partial charge is 0.356 e. The minimum absolute atomic E-state index is 0.139. The fourth-order valence-corrected chi connectivity index (χ4v) is 1.02. The molecule has 0 spiro atoms. The third kappa shape index (κ3) is 2.44. The van der Waals surface area contributed by atoms with Gasteiger partial charge in [-0.2, -0.15) is 5.26 Å². The maximum Gasteiger partial charge on any atom is 0.356 e. The first-order chi connectivity index (χ1) is 7.08. The molecule has 0 saturated heterocycles. The van der Waals surface area contributed by atoms with Gasteiger partial charge in [0.2, 0.25) is 0 Å². The highest BCUT2D eigenvalue weighted by molar-refractivity contribution is 5.88.